The lowest BCUT2D eigenvalue weighted by molar-refractivity contribution is -0.0510. The molecule has 0 saturated heterocycles. The molecule has 0 aliphatic heterocycles. The fourth-order valence-electron chi connectivity index (χ4n) is 1.83. The van der Waals surface area contributed by atoms with Crippen molar-refractivity contribution in [2.45, 2.75) is 32.4 Å². The lowest BCUT2D eigenvalue weighted by Crippen LogP contribution is -2.56. The number of aliphatic hydroxyl groups is 1. The SMILES string of the molecule is CC1(C)C(O)CC1Nc1ccncc1Br. The van der Waals surface area contributed by atoms with Gasteiger partial charge in [0, 0.05) is 23.9 Å². The molecule has 0 aromatic carbocycles. The number of aliphatic hydroxyl groups excluding tert-OH is 1. The fourth-order valence-corrected chi connectivity index (χ4v) is 2.19. The number of nitrogens with zero attached hydrogens (tertiary/aromatic N) is 1. The molecule has 4 heteroatoms. The first kappa shape index (κ1) is 10.9. The molecule has 0 amide bonds. The minimum absolute atomic E-state index is 0.0529. The van der Waals surface area contributed by atoms with E-state index in [0.717, 1.165) is 16.6 Å². The Morgan fingerprint density at radius 3 is 2.87 bits per heavy atom. The van der Waals surface area contributed by atoms with Crippen LogP contribution in [0.3, 0.4) is 0 Å². The first-order valence-electron chi connectivity index (χ1n) is 5.06. The van der Waals surface area contributed by atoms with E-state index in [1.165, 1.54) is 0 Å². The first-order valence-corrected chi connectivity index (χ1v) is 5.85. The minimum atomic E-state index is -0.199. The molecule has 2 atom stereocenters. The van der Waals surface area contributed by atoms with Crippen LogP contribution in [0, 0.1) is 5.41 Å². The Hall–Kier alpha value is -0.610. The third kappa shape index (κ3) is 1.88. The van der Waals surface area contributed by atoms with Gasteiger partial charge in [0.05, 0.1) is 16.3 Å². The minimum Gasteiger partial charge on any atom is -0.392 e. The van der Waals surface area contributed by atoms with Gasteiger partial charge in [-0.2, -0.15) is 0 Å². The van der Waals surface area contributed by atoms with Crippen LogP contribution in [0.2, 0.25) is 0 Å². The number of pyridine rings is 1. The normalized spacial score (nSPS) is 28.3. The van der Waals surface area contributed by atoms with Gasteiger partial charge in [0.1, 0.15) is 0 Å². The van der Waals surface area contributed by atoms with Gasteiger partial charge in [-0.05, 0) is 28.4 Å². The number of hydrogen-bond donors (Lipinski definition) is 2. The fraction of sp³-hybridized carbons (Fsp3) is 0.545. The molecule has 2 rings (SSSR count). The summed E-state index contributed by atoms with van der Waals surface area (Å²) in [6.45, 7) is 4.15. The molecule has 82 valence electrons. The summed E-state index contributed by atoms with van der Waals surface area (Å²) < 4.78 is 0.960. The Balaban J connectivity index is 2.08. The molecule has 1 saturated carbocycles. The molecule has 1 fully saturated rings. The monoisotopic (exact) mass is 270 g/mol. The zero-order valence-electron chi connectivity index (χ0n) is 8.87. The number of aromatic nitrogens is 1. The highest BCUT2D eigenvalue weighted by Crippen LogP contribution is 2.42. The maximum atomic E-state index is 9.63. The van der Waals surface area contributed by atoms with Crippen LogP contribution in [0.5, 0.6) is 0 Å². The summed E-state index contributed by atoms with van der Waals surface area (Å²) in [4.78, 5) is 4.01. The average Bonchev–Trinajstić information content (AvgIpc) is 2.20. The maximum Gasteiger partial charge on any atom is 0.0630 e. The van der Waals surface area contributed by atoms with Crippen LogP contribution in [0.1, 0.15) is 20.3 Å². The van der Waals surface area contributed by atoms with Crippen molar-refractivity contribution < 1.29 is 5.11 Å². The van der Waals surface area contributed by atoms with Crippen molar-refractivity contribution in [1.29, 1.82) is 0 Å². The summed E-state index contributed by atoms with van der Waals surface area (Å²) in [7, 11) is 0. The topological polar surface area (TPSA) is 45.1 Å². The van der Waals surface area contributed by atoms with E-state index >= 15 is 0 Å². The van der Waals surface area contributed by atoms with E-state index in [-0.39, 0.29) is 11.5 Å². The third-order valence-corrected chi connectivity index (χ3v) is 3.95. The van der Waals surface area contributed by atoms with Crippen molar-refractivity contribution in [3.63, 3.8) is 0 Å². The smallest absolute Gasteiger partial charge is 0.0630 e. The van der Waals surface area contributed by atoms with Crippen molar-refractivity contribution in [2.75, 3.05) is 5.32 Å². The molecule has 1 aromatic heterocycles. The Labute approximate surface area is 98.0 Å². The molecule has 1 aliphatic carbocycles. The Morgan fingerprint density at radius 1 is 1.60 bits per heavy atom. The molecule has 2 unspecified atom stereocenters. The second kappa shape index (κ2) is 3.76. The zero-order valence-corrected chi connectivity index (χ0v) is 10.5. The molecule has 2 N–H and O–H groups in total. The Morgan fingerprint density at radius 2 is 2.33 bits per heavy atom. The largest absolute Gasteiger partial charge is 0.392 e. The standard InChI is InChI=1S/C11H15BrN2O/c1-11(2)9(5-10(11)15)14-8-3-4-13-6-7(8)12/h3-4,6,9-10,15H,5H2,1-2H3,(H,13,14). The van der Waals surface area contributed by atoms with Crippen molar-refractivity contribution in [1.82, 2.24) is 4.98 Å². The summed E-state index contributed by atoms with van der Waals surface area (Å²) in [5, 5.41) is 13.0. The van der Waals surface area contributed by atoms with Crippen molar-refractivity contribution in [3.8, 4) is 0 Å². The number of halogens is 1. The summed E-state index contributed by atoms with van der Waals surface area (Å²) in [6, 6.07) is 2.26. The molecule has 0 bridgehead atoms. The molecular weight excluding hydrogens is 256 g/mol. The number of anilines is 1. The van der Waals surface area contributed by atoms with E-state index in [9.17, 15) is 5.11 Å². The maximum absolute atomic E-state index is 9.63. The summed E-state index contributed by atoms with van der Waals surface area (Å²) in [5.74, 6) is 0. The van der Waals surface area contributed by atoms with Crippen LogP contribution < -0.4 is 5.32 Å². The zero-order chi connectivity index (χ0) is 11.1. The molecule has 1 aliphatic rings. The van der Waals surface area contributed by atoms with Gasteiger partial charge in [-0.1, -0.05) is 13.8 Å². The molecule has 15 heavy (non-hydrogen) atoms. The second-order valence-corrected chi connectivity index (χ2v) is 5.48. The molecule has 0 spiro atoms. The van der Waals surface area contributed by atoms with E-state index < -0.39 is 0 Å². The number of rotatable bonds is 2. The van der Waals surface area contributed by atoms with E-state index in [4.69, 9.17) is 0 Å². The van der Waals surface area contributed by atoms with E-state index in [2.05, 4.69) is 40.1 Å². The lowest BCUT2D eigenvalue weighted by atomic mass is 9.64. The Kier molecular flexibility index (Phi) is 2.73. The summed E-state index contributed by atoms with van der Waals surface area (Å²) in [5.41, 5.74) is 0.984. The second-order valence-electron chi connectivity index (χ2n) is 4.63. The first-order chi connectivity index (χ1) is 7.01. The van der Waals surface area contributed by atoms with Gasteiger partial charge >= 0.3 is 0 Å². The van der Waals surface area contributed by atoms with Gasteiger partial charge in [0.2, 0.25) is 0 Å². The van der Waals surface area contributed by atoms with Gasteiger partial charge < -0.3 is 10.4 Å². The highest BCUT2D eigenvalue weighted by Gasteiger charge is 2.47. The van der Waals surface area contributed by atoms with Crippen LogP contribution in [0.4, 0.5) is 5.69 Å². The van der Waals surface area contributed by atoms with Gasteiger partial charge in [0.15, 0.2) is 0 Å². The number of hydrogen-bond acceptors (Lipinski definition) is 3. The predicted octanol–water partition coefficient (Wildman–Crippen LogP) is 2.42. The predicted molar refractivity (Wildman–Crippen MR) is 63.8 cm³/mol. The molecule has 0 radical (unpaired) electrons. The van der Waals surface area contributed by atoms with Crippen LogP contribution in [0.25, 0.3) is 0 Å². The molecular formula is C11H15BrN2O. The van der Waals surface area contributed by atoms with Crippen molar-refractivity contribution in [3.05, 3.63) is 22.9 Å². The molecule has 1 aromatic rings. The third-order valence-electron chi connectivity index (χ3n) is 3.32. The van der Waals surface area contributed by atoms with Gasteiger partial charge in [-0.25, -0.2) is 0 Å². The number of nitrogens with one attached hydrogen (secondary N) is 1. The van der Waals surface area contributed by atoms with E-state index in [0.29, 0.717) is 6.04 Å². The molecule has 1 heterocycles. The van der Waals surface area contributed by atoms with Crippen LogP contribution in [-0.2, 0) is 0 Å². The van der Waals surface area contributed by atoms with E-state index in [1.54, 1.807) is 12.4 Å². The summed E-state index contributed by atoms with van der Waals surface area (Å²) in [6.07, 6.45) is 4.14. The summed E-state index contributed by atoms with van der Waals surface area (Å²) >= 11 is 3.44. The highest BCUT2D eigenvalue weighted by molar-refractivity contribution is 9.10. The average molecular weight is 271 g/mol. The van der Waals surface area contributed by atoms with Gasteiger partial charge in [-0.3, -0.25) is 4.98 Å². The highest BCUT2D eigenvalue weighted by atomic mass is 79.9. The van der Waals surface area contributed by atoms with Crippen LogP contribution in [0.15, 0.2) is 22.9 Å². The van der Waals surface area contributed by atoms with Crippen LogP contribution >= 0.6 is 15.9 Å². The van der Waals surface area contributed by atoms with Crippen molar-refractivity contribution >= 4 is 21.6 Å². The van der Waals surface area contributed by atoms with Crippen molar-refractivity contribution in [2.24, 2.45) is 5.41 Å². The van der Waals surface area contributed by atoms with Crippen LogP contribution in [-0.4, -0.2) is 22.2 Å². The van der Waals surface area contributed by atoms with Gasteiger partial charge in [0.25, 0.3) is 0 Å². The molecule has 3 nitrogen and oxygen atoms in total. The lowest BCUT2D eigenvalue weighted by Gasteiger charge is -2.49. The Bertz CT molecular complexity index is 367. The van der Waals surface area contributed by atoms with Gasteiger partial charge in [-0.15, -0.1) is 0 Å². The van der Waals surface area contributed by atoms with E-state index in [1.807, 2.05) is 6.07 Å². The quantitative estimate of drug-likeness (QED) is 0.868.